The molecule has 0 aromatic heterocycles. The molecular formula is C25H32N4O4. The van der Waals surface area contributed by atoms with E-state index in [9.17, 15) is 14.4 Å². The standard InChI is InChI=1S/C25H32N4O4/c1-2-3-13-26-24(31)18-9-11-20(12-10-18)29-23(30)17-27-21-7-4-6-19(15-21)25(32)28-16-22-8-5-14-33-22/h4,6-7,9-12,15,22,27H,2-3,5,8,13-14,16-17H2,1H3,(H,26,31)(H,28,32)(H,29,30). The fourth-order valence-electron chi connectivity index (χ4n) is 3.46. The molecule has 8 heteroatoms. The molecule has 0 aliphatic carbocycles. The van der Waals surface area contributed by atoms with Crippen LogP contribution < -0.4 is 21.3 Å². The Morgan fingerprint density at radius 1 is 0.970 bits per heavy atom. The number of hydrogen-bond donors (Lipinski definition) is 4. The van der Waals surface area contributed by atoms with Gasteiger partial charge in [0.2, 0.25) is 5.91 Å². The van der Waals surface area contributed by atoms with Crippen LogP contribution in [0, 0.1) is 0 Å². The first-order valence-corrected chi connectivity index (χ1v) is 11.5. The molecule has 4 N–H and O–H groups in total. The average Bonchev–Trinajstić information content (AvgIpc) is 3.36. The van der Waals surface area contributed by atoms with Gasteiger partial charge in [0.25, 0.3) is 11.8 Å². The van der Waals surface area contributed by atoms with Crippen molar-refractivity contribution in [1.82, 2.24) is 10.6 Å². The maximum absolute atomic E-state index is 12.4. The van der Waals surface area contributed by atoms with Gasteiger partial charge in [-0.15, -0.1) is 0 Å². The molecule has 0 bridgehead atoms. The van der Waals surface area contributed by atoms with Gasteiger partial charge in [0.05, 0.1) is 12.6 Å². The van der Waals surface area contributed by atoms with Gasteiger partial charge in [-0.25, -0.2) is 0 Å². The van der Waals surface area contributed by atoms with E-state index in [1.54, 1.807) is 48.5 Å². The Morgan fingerprint density at radius 3 is 2.48 bits per heavy atom. The van der Waals surface area contributed by atoms with Crippen molar-refractivity contribution in [3.8, 4) is 0 Å². The normalized spacial score (nSPS) is 15.0. The lowest BCUT2D eigenvalue weighted by atomic mass is 10.1. The predicted octanol–water partition coefficient (Wildman–Crippen LogP) is 3.18. The van der Waals surface area contributed by atoms with Crippen molar-refractivity contribution in [2.24, 2.45) is 0 Å². The van der Waals surface area contributed by atoms with Crippen LogP contribution in [0.3, 0.4) is 0 Å². The minimum Gasteiger partial charge on any atom is -0.376 e. The van der Waals surface area contributed by atoms with E-state index < -0.39 is 0 Å². The number of unbranched alkanes of at least 4 members (excludes halogenated alkanes) is 1. The number of carbonyl (C=O) groups is 3. The molecule has 1 atom stereocenters. The Labute approximate surface area is 194 Å². The smallest absolute Gasteiger partial charge is 0.251 e. The molecule has 176 valence electrons. The van der Waals surface area contributed by atoms with Crippen molar-refractivity contribution in [3.63, 3.8) is 0 Å². The first-order valence-electron chi connectivity index (χ1n) is 11.5. The third-order valence-corrected chi connectivity index (χ3v) is 5.34. The van der Waals surface area contributed by atoms with E-state index in [1.165, 1.54) is 0 Å². The van der Waals surface area contributed by atoms with Crippen molar-refractivity contribution >= 4 is 29.1 Å². The minimum atomic E-state index is -0.233. The van der Waals surface area contributed by atoms with Crippen molar-refractivity contribution in [3.05, 3.63) is 59.7 Å². The Hall–Kier alpha value is -3.39. The highest BCUT2D eigenvalue weighted by Gasteiger charge is 2.16. The Kier molecular flexibility index (Phi) is 9.26. The molecule has 1 aliphatic rings. The van der Waals surface area contributed by atoms with Gasteiger partial charge >= 0.3 is 0 Å². The molecule has 1 aliphatic heterocycles. The number of nitrogens with one attached hydrogen (secondary N) is 4. The summed E-state index contributed by atoms with van der Waals surface area (Å²) >= 11 is 0. The Morgan fingerprint density at radius 2 is 1.76 bits per heavy atom. The summed E-state index contributed by atoms with van der Waals surface area (Å²) < 4.78 is 5.52. The molecule has 2 aromatic rings. The van der Waals surface area contributed by atoms with E-state index >= 15 is 0 Å². The highest BCUT2D eigenvalue weighted by Crippen LogP contribution is 2.14. The van der Waals surface area contributed by atoms with Crippen LogP contribution in [-0.2, 0) is 9.53 Å². The molecule has 3 rings (SSSR count). The third-order valence-electron chi connectivity index (χ3n) is 5.34. The first kappa shape index (κ1) is 24.3. The van der Waals surface area contributed by atoms with Crippen molar-refractivity contribution in [2.75, 3.05) is 36.9 Å². The number of ether oxygens (including phenoxy) is 1. The minimum absolute atomic E-state index is 0.0419. The van der Waals surface area contributed by atoms with Gasteiger partial charge in [-0.05, 0) is 61.7 Å². The van der Waals surface area contributed by atoms with E-state index in [0.29, 0.717) is 35.6 Å². The van der Waals surface area contributed by atoms with Gasteiger partial charge in [-0.2, -0.15) is 0 Å². The van der Waals surface area contributed by atoms with Crippen LogP contribution in [0.25, 0.3) is 0 Å². The summed E-state index contributed by atoms with van der Waals surface area (Å²) in [5.41, 5.74) is 2.35. The summed E-state index contributed by atoms with van der Waals surface area (Å²) in [6.45, 7) is 4.01. The molecule has 1 unspecified atom stereocenters. The molecule has 0 radical (unpaired) electrons. The number of anilines is 2. The number of carbonyl (C=O) groups excluding carboxylic acids is 3. The number of amides is 3. The third kappa shape index (κ3) is 7.91. The van der Waals surface area contributed by atoms with E-state index in [4.69, 9.17) is 4.74 Å². The number of hydrogen-bond acceptors (Lipinski definition) is 5. The second-order valence-electron chi connectivity index (χ2n) is 8.01. The summed E-state index contributed by atoms with van der Waals surface area (Å²) in [5, 5.41) is 11.6. The summed E-state index contributed by atoms with van der Waals surface area (Å²) in [4.78, 5) is 36.7. The zero-order valence-electron chi connectivity index (χ0n) is 19.0. The second-order valence-corrected chi connectivity index (χ2v) is 8.01. The van der Waals surface area contributed by atoms with E-state index in [2.05, 4.69) is 28.2 Å². The molecule has 3 amide bonds. The first-order chi connectivity index (χ1) is 16.0. The van der Waals surface area contributed by atoms with Gasteiger partial charge in [0.1, 0.15) is 0 Å². The van der Waals surface area contributed by atoms with Gasteiger partial charge in [-0.1, -0.05) is 19.4 Å². The van der Waals surface area contributed by atoms with Gasteiger partial charge < -0.3 is 26.0 Å². The van der Waals surface area contributed by atoms with Crippen molar-refractivity contribution in [1.29, 1.82) is 0 Å². The lowest BCUT2D eigenvalue weighted by Gasteiger charge is -2.12. The molecule has 2 aromatic carbocycles. The van der Waals surface area contributed by atoms with Crippen LogP contribution in [-0.4, -0.2) is 50.1 Å². The molecule has 1 saturated heterocycles. The zero-order chi connectivity index (χ0) is 23.5. The van der Waals surface area contributed by atoms with E-state index in [-0.39, 0.29) is 30.4 Å². The average molecular weight is 453 g/mol. The summed E-state index contributed by atoms with van der Waals surface area (Å²) in [5.74, 6) is -0.525. The molecular weight excluding hydrogens is 420 g/mol. The van der Waals surface area contributed by atoms with Crippen molar-refractivity contribution < 1.29 is 19.1 Å². The number of rotatable bonds is 11. The van der Waals surface area contributed by atoms with Gasteiger partial charge in [0, 0.05) is 42.2 Å². The number of benzene rings is 2. The molecule has 1 fully saturated rings. The topological polar surface area (TPSA) is 109 Å². The van der Waals surface area contributed by atoms with Gasteiger partial charge in [0.15, 0.2) is 0 Å². The highest BCUT2D eigenvalue weighted by atomic mass is 16.5. The van der Waals surface area contributed by atoms with Crippen molar-refractivity contribution in [2.45, 2.75) is 38.7 Å². The van der Waals surface area contributed by atoms with Gasteiger partial charge in [-0.3, -0.25) is 14.4 Å². The fraction of sp³-hybridized carbons (Fsp3) is 0.400. The van der Waals surface area contributed by atoms with Crippen LogP contribution in [0.15, 0.2) is 48.5 Å². The Balaban J connectivity index is 1.44. The maximum atomic E-state index is 12.4. The summed E-state index contributed by atoms with van der Waals surface area (Å²) in [6, 6.07) is 13.8. The van der Waals surface area contributed by atoms with Crippen LogP contribution in [0.2, 0.25) is 0 Å². The molecule has 0 saturated carbocycles. The van der Waals surface area contributed by atoms with Crippen LogP contribution >= 0.6 is 0 Å². The van der Waals surface area contributed by atoms with E-state index in [0.717, 1.165) is 32.3 Å². The lowest BCUT2D eigenvalue weighted by Crippen LogP contribution is -2.31. The quantitative estimate of drug-likeness (QED) is 0.392. The lowest BCUT2D eigenvalue weighted by molar-refractivity contribution is -0.114. The van der Waals surface area contributed by atoms with Crippen LogP contribution in [0.4, 0.5) is 11.4 Å². The molecule has 0 spiro atoms. The fourth-order valence-corrected chi connectivity index (χ4v) is 3.46. The Bertz CT molecular complexity index is 940. The maximum Gasteiger partial charge on any atom is 0.251 e. The molecule has 8 nitrogen and oxygen atoms in total. The monoisotopic (exact) mass is 452 g/mol. The highest BCUT2D eigenvalue weighted by molar-refractivity contribution is 5.97. The van der Waals surface area contributed by atoms with Crippen LogP contribution in [0.1, 0.15) is 53.3 Å². The molecule has 33 heavy (non-hydrogen) atoms. The van der Waals surface area contributed by atoms with E-state index in [1.807, 2.05) is 0 Å². The molecule has 1 heterocycles. The zero-order valence-corrected chi connectivity index (χ0v) is 19.0. The van der Waals surface area contributed by atoms with Crippen LogP contribution in [0.5, 0.6) is 0 Å². The summed E-state index contributed by atoms with van der Waals surface area (Å²) in [6.07, 6.45) is 4.04. The SMILES string of the molecule is CCCCNC(=O)c1ccc(NC(=O)CNc2cccc(C(=O)NCC3CCCO3)c2)cc1. The second kappa shape index (κ2) is 12.6. The largest absolute Gasteiger partial charge is 0.376 e. The summed E-state index contributed by atoms with van der Waals surface area (Å²) in [7, 11) is 0. The predicted molar refractivity (Wildman–Crippen MR) is 129 cm³/mol.